The second-order valence-corrected chi connectivity index (χ2v) is 10.8. The Hall–Kier alpha value is -5.48. The number of carbonyl (C=O) groups excluding carboxylic acids is 1. The molecule has 0 aliphatic heterocycles. The van der Waals surface area contributed by atoms with Crippen molar-refractivity contribution in [1.82, 2.24) is 34.7 Å². The zero-order chi connectivity index (χ0) is 32.1. The number of nitrogens with one attached hydrogen (secondary N) is 2. The van der Waals surface area contributed by atoms with Crippen molar-refractivity contribution < 1.29 is 13.6 Å². The number of halogens is 2. The monoisotopic (exact) mass is 610 g/mol. The molecule has 0 unspecified atom stereocenters. The number of nitrogens with two attached hydrogens (primary N) is 1. The molecule has 2 aromatic carbocycles. The average Bonchev–Trinajstić information content (AvgIpc) is 3.41. The molecule has 0 aliphatic carbocycles. The number of aromatic nitrogens is 5. The Kier molecular flexibility index (Phi) is 9.25. The van der Waals surface area contributed by atoms with E-state index >= 15 is 0 Å². The van der Waals surface area contributed by atoms with Gasteiger partial charge in [-0.05, 0) is 62.8 Å². The minimum Gasteiger partial charge on any atom is -0.383 e. The number of fused-ring (bicyclic) bond motifs is 1. The number of anilines is 2. The summed E-state index contributed by atoms with van der Waals surface area (Å²) >= 11 is 0. The molecule has 5 rings (SSSR count). The van der Waals surface area contributed by atoms with Crippen LogP contribution >= 0.6 is 0 Å². The molecule has 1 amide bonds. The molecule has 13 heteroatoms. The van der Waals surface area contributed by atoms with Crippen LogP contribution in [0.2, 0.25) is 0 Å². The molecule has 0 saturated carbocycles. The number of amides is 1. The number of hydrogen-bond acceptors (Lipinski definition) is 9. The molecule has 0 radical (unpaired) electrons. The predicted octanol–water partition coefficient (Wildman–Crippen LogP) is 4.68. The first kappa shape index (κ1) is 31.0. The number of carbonyl (C=O) groups is 1. The Balaban J connectivity index is 1.33. The Bertz CT molecular complexity index is 1880. The standard InChI is InChI=1S/C32H32F2N10O/c1-19(22-9-10-25(33)26(34)13-22)41-32(45)28-30(38-16-23(14-35)42-28)37-15-20-5-7-21(8-6-20)24-17-44(12-4-11-43(2)3)31-27(24)29(36)39-18-40-31/h5-10,13,16-19H,4,11-12,15H2,1-3H3,(H,37,38)(H,41,45)(H2,36,39,40)/t19-/m0/s1. The van der Waals surface area contributed by atoms with Gasteiger partial charge in [-0.3, -0.25) is 4.79 Å². The largest absolute Gasteiger partial charge is 0.383 e. The van der Waals surface area contributed by atoms with Gasteiger partial charge in [0.1, 0.15) is 23.9 Å². The van der Waals surface area contributed by atoms with Gasteiger partial charge in [-0.25, -0.2) is 28.7 Å². The summed E-state index contributed by atoms with van der Waals surface area (Å²) < 4.78 is 29.2. The Morgan fingerprint density at radius 1 is 1.11 bits per heavy atom. The Labute approximate surface area is 258 Å². The number of nitrogen functional groups attached to an aromatic ring is 1. The SMILES string of the molecule is C[C@H](NC(=O)c1nc(C#N)cnc1NCc1ccc(-c2cn(CCCN(C)C)c3ncnc(N)c23)cc1)c1ccc(F)c(F)c1. The van der Waals surface area contributed by atoms with Gasteiger partial charge >= 0.3 is 0 Å². The van der Waals surface area contributed by atoms with Crippen LogP contribution in [0.15, 0.2) is 61.2 Å². The van der Waals surface area contributed by atoms with E-state index in [0.29, 0.717) is 17.9 Å². The fourth-order valence-electron chi connectivity index (χ4n) is 4.94. The summed E-state index contributed by atoms with van der Waals surface area (Å²) in [5.74, 6) is -2.05. The summed E-state index contributed by atoms with van der Waals surface area (Å²) in [7, 11) is 4.08. The minimum absolute atomic E-state index is 0.0420. The van der Waals surface area contributed by atoms with Crippen LogP contribution in [0.1, 0.15) is 46.7 Å². The summed E-state index contributed by atoms with van der Waals surface area (Å²) in [6, 6.07) is 12.5. The third kappa shape index (κ3) is 7.02. The Morgan fingerprint density at radius 2 is 1.89 bits per heavy atom. The van der Waals surface area contributed by atoms with Gasteiger partial charge in [0.2, 0.25) is 0 Å². The summed E-state index contributed by atoms with van der Waals surface area (Å²) in [6.07, 6.45) is 5.74. The van der Waals surface area contributed by atoms with Crippen LogP contribution in [0.4, 0.5) is 20.4 Å². The smallest absolute Gasteiger partial charge is 0.274 e. The first-order valence-corrected chi connectivity index (χ1v) is 14.2. The predicted molar refractivity (Wildman–Crippen MR) is 167 cm³/mol. The van der Waals surface area contributed by atoms with Crippen LogP contribution < -0.4 is 16.4 Å². The first-order chi connectivity index (χ1) is 21.6. The molecule has 0 saturated heterocycles. The highest BCUT2D eigenvalue weighted by atomic mass is 19.2. The van der Waals surface area contributed by atoms with Crippen molar-refractivity contribution in [1.29, 1.82) is 5.26 Å². The number of aryl methyl sites for hydroxylation is 1. The first-order valence-electron chi connectivity index (χ1n) is 14.2. The topological polar surface area (TPSA) is 151 Å². The van der Waals surface area contributed by atoms with Crippen molar-refractivity contribution in [2.24, 2.45) is 0 Å². The lowest BCUT2D eigenvalue weighted by atomic mass is 10.0. The van der Waals surface area contributed by atoms with Crippen molar-refractivity contribution >= 4 is 28.6 Å². The molecule has 45 heavy (non-hydrogen) atoms. The van der Waals surface area contributed by atoms with Gasteiger partial charge in [-0.2, -0.15) is 5.26 Å². The van der Waals surface area contributed by atoms with E-state index < -0.39 is 23.6 Å². The molecular weight excluding hydrogens is 578 g/mol. The molecule has 11 nitrogen and oxygen atoms in total. The van der Waals surface area contributed by atoms with E-state index in [1.807, 2.05) is 44.4 Å². The molecule has 3 heterocycles. The number of nitrogens with zero attached hydrogens (tertiary/aromatic N) is 7. The fourth-order valence-corrected chi connectivity index (χ4v) is 4.94. The zero-order valence-electron chi connectivity index (χ0n) is 25.1. The highest BCUT2D eigenvalue weighted by Gasteiger charge is 2.20. The highest BCUT2D eigenvalue weighted by molar-refractivity contribution is 6.00. The molecule has 230 valence electrons. The third-order valence-electron chi connectivity index (χ3n) is 7.31. The van der Waals surface area contributed by atoms with Gasteiger partial charge in [0.05, 0.1) is 17.6 Å². The molecule has 0 fully saturated rings. The van der Waals surface area contributed by atoms with Crippen molar-refractivity contribution in [3.63, 3.8) is 0 Å². The molecule has 1 atom stereocenters. The van der Waals surface area contributed by atoms with E-state index in [-0.39, 0.29) is 17.2 Å². The summed E-state index contributed by atoms with van der Waals surface area (Å²) in [6.45, 7) is 3.66. The van der Waals surface area contributed by atoms with Crippen molar-refractivity contribution in [3.05, 3.63) is 95.3 Å². The normalized spacial score (nSPS) is 11.8. The molecule has 0 aliphatic rings. The van der Waals surface area contributed by atoms with Crippen molar-refractivity contribution in [2.45, 2.75) is 32.5 Å². The van der Waals surface area contributed by atoms with Crippen LogP contribution in [0.3, 0.4) is 0 Å². The van der Waals surface area contributed by atoms with E-state index in [1.54, 1.807) is 6.92 Å². The van der Waals surface area contributed by atoms with Crippen molar-refractivity contribution in [2.75, 3.05) is 31.7 Å². The zero-order valence-corrected chi connectivity index (χ0v) is 25.1. The quantitative estimate of drug-likeness (QED) is 0.194. The molecular formula is C32H32F2N10O. The summed E-state index contributed by atoms with van der Waals surface area (Å²) in [5.41, 5.74) is 10.1. The molecule has 0 spiro atoms. The van der Waals surface area contributed by atoms with Crippen LogP contribution in [0, 0.1) is 23.0 Å². The maximum atomic E-state index is 13.7. The fraction of sp³-hybridized carbons (Fsp3) is 0.250. The molecule has 4 N–H and O–H groups in total. The number of hydrogen-bond donors (Lipinski definition) is 3. The second-order valence-electron chi connectivity index (χ2n) is 10.8. The lowest BCUT2D eigenvalue weighted by Gasteiger charge is -2.16. The van der Waals surface area contributed by atoms with Crippen LogP contribution in [0.25, 0.3) is 22.2 Å². The minimum atomic E-state index is -1.02. The van der Waals surface area contributed by atoms with Gasteiger partial charge in [-0.15, -0.1) is 0 Å². The van der Waals surface area contributed by atoms with Gasteiger partial charge in [0.25, 0.3) is 5.91 Å². The maximum absolute atomic E-state index is 13.7. The van der Waals surface area contributed by atoms with E-state index in [9.17, 15) is 18.8 Å². The van der Waals surface area contributed by atoms with Crippen LogP contribution in [0.5, 0.6) is 0 Å². The molecule has 5 aromatic rings. The van der Waals surface area contributed by atoms with Gasteiger partial charge in [0.15, 0.2) is 28.8 Å². The maximum Gasteiger partial charge on any atom is 0.274 e. The van der Waals surface area contributed by atoms with Gasteiger partial charge < -0.3 is 25.8 Å². The average molecular weight is 611 g/mol. The number of benzene rings is 2. The van der Waals surface area contributed by atoms with Crippen molar-refractivity contribution in [3.8, 4) is 17.2 Å². The van der Waals surface area contributed by atoms with Crippen LogP contribution in [-0.4, -0.2) is 56.0 Å². The lowest BCUT2D eigenvalue weighted by molar-refractivity contribution is 0.0935. The van der Waals surface area contributed by atoms with E-state index in [0.717, 1.165) is 59.4 Å². The Morgan fingerprint density at radius 3 is 2.60 bits per heavy atom. The van der Waals surface area contributed by atoms with Crippen LogP contribution in [-0.2, 0) is 13.1 Å². The van der Waals surface area contributed by atoms with E-state index in [4.69, 9.17) is 5.73 Å². The molecule has 0 bridgehead atoms. The second kappa shape index (κ2) is 13.4. The number of rotatable bonds is 11. The number of nitriles is 1. The summed E-state index contributed by atoms with van der Waals surface area (Å²) in [5, 5.41) is 16.0. The summed E-state index contributed by atoms with van der Waals surface area (Å²) in [4.78, 5) is 32.4. The van der Waals surface area contributed by atoms with E-state index in [1.165, 1.54) is 18.6 Å². The highest BCUT2D eigenvalue weighted by Crippen LogP contribution is 2.33. The third-order valence-corrected chi connectivity index (χ3v) is 7.31. The molecule has 3 aromatic heterocycles. The van der Waals surface area contributed by atoms with Gasteiger partial charge in [0, 0.05) is 24.8 Å². The lowest BCUT2D eigenvalue weighted by Crippen LogP contribution is -2.29. The van der Waals surface area contributed by atoms with E-state index in [2.05, 4.69) is 46.2 Å². The van der Waals surface area contributed by atoms with Gasteiger partial charge in [-0.1, -0.05) is 30.3 Å².